The molecule has 0 saturated carbocycles. The van der Waals surface area contributed by atoms with Crippen LogP contribution in [-0.4, -0.2) is 61.8 Å². The number of ether oxygens (including phenoxy) is 1. The standard InChI is InChI=1S/C23H25N9O2/c1-3-32-22-19(29-30-32)21(31-11-12-34-14-15(31)2)27-20(28-22)16-6-8-17(9-7-16)25-23(33)26-18-5-4-10-24-13-18/h4-10,13,15H,3,11-12,14H2,1-2H3,(H2,25,26,33)/t15-/m0/s1. The summed E-state index contributed by atoms with van der Waals surface area (Å²) in [5.74, 6) is 1.33. The smallest absolute Gasteiger partial charge is 0.323 e. The number of fused-ring (bicyclic) bond motifs is 1. The summed E-state index contributed by atoms with van der Waals surface area (Å²) in [4.78, 5) is 28.1. The quantitative estimate of drug-likeness (QED) is 0.467. The number of amides is 2. The zero-order valence-electron chi connectivity index (χ0n) is 19.0. The van der Waals surface area contributed by atoms with Gasteiger partial charge in [0.1, 0.15) is 0 Å². The van der Waals surface area contributed by atoms with Gasteiger partial charge in [-0.3, -0.25) is 4.98 Å². The number of benzene rings is 1. The Kier molecular flexibility index (Phi) is 6.00. The van der Waals surface area contributed by atoms with Gasteiger partial charge in [0.05, 0.1) is 31.1 Å². The Labute approximate surface area is 196 Å². The van der Waals surface area contributed by atoms with E-state index in [0.29, 0.717) is 48.1 Å². The molecule has 4 aromatic rings. The topological polar surface area (TPSA) is 123 Å². The maximum atomic E-state index is 12.3. The maximum Gasteiger partial charge on any atom is 0.323 e. The molecular weight excluding hydrogens is 434 g/mol. The lowest BCUT2D eigenvalue weighted by atomic mass is 10.2. The van der Waals surface area contributed by atoms with E-state index in [1.165, 1.54) is 0 Å². The number of nitrogens with zero attached hydrogens (tertiary/aromatic N) is 7. The van der Waals surface area contributed by atoms with Crippen LogP contribution in [0, 0.1) is 0 Å². The van der Waals surface area contributed by atoms with E-state index in [9.17, 15) is 4.79 Å². The van der Waals surface area contributed by atoms with Crippen LogP contribution in [0.15, 0.2) is 48.8 Å². The molecule has 1 aromatic carbocycles. The molecule has 5 rings (SSSR count). The van der Waals surface area contributed by atoms with Crippen molar-refractivity contribution in [2.24, 2.45) is 0 Å². The first-order valence-electron chi connectivity index (χ1n) is 11.2. The number of carbonyl (C=O) groups excluding carboxylic acids is 1. The van der Waals surface area contributed by atoms with Crippen molar-refractivity contribution in [3.63, 3.8) is 0 Å². The Bertz CT molecular complexity index is 1290. The molecule has 1 atom stereocenters. The number of rotatable bonds is 5. The van der Waals surface area contributed by atoms with Gasteiger partial charge in [-0.15, -0.1) is 5.10 Å². The lowest BCUT2D eigenvalue weighted by molar-refractivity contribution is 0.0987. The van der Waals surface area contributed by atoms with Crippen molar-refractivity contribution in [1.82, 2.24) is 29.9 Å². The van der Waals surface area contributed by atoms with Crippen LogP contribution < -0.4 is 15.5 Å². The molecule has 1 aliphatic rings. The van der Waals surface area contributed by atoms with Crippen molar-refractivity contribution < 1.29 is 9.53 Å². The minimum atomic E-state index is -0.347. The molecule has 1 fully saturated rings. The van der Waals surface area contributed by atoms with E-state index in [-0.39, 0.29) is 12.1 Å². The van der Waals surface area contributed by atoms with E-state index in [1.807, 2.05) is 31.2 Å². The summed E-state index contributed by atoms with van der Waals surface area (Å²) in [6, 6.07) is 10.7. The van der Waals surface area contributed by atoms with E-state index in [0.717, 1.165) is 17.9 Å². The molecule has 11 nitrogen and oxygen atoms in total. The van der Waals surface area contributed by atoms with Crippen molar-refractivity contribution in [1.29, 1.82) is 0 Å². The highest BCUT2D eigenvalue weighted by molar-refractivity contribution is 5.99. The molecule has 174 valence electrons. The van der Waals surface area contributed by atoms with Gasteiger partial charge < -0.3 is 20.3 Å². The molecule has 3 aromatic heterocycles. The second-order valence-corrected chi connectivity index (χ2v) is 7.96. The molecule has 11 heteroatoms. The molecule has 0 radical (unpaired) electrons. The van der Waals surface area contributed by atoms with Gasteiger partial charge in [0, 0.05) is 30.5 Å². The fraction of sp³-hybridized carbons (Fsp3) is 0.304. The van der Waals surface area contributed by atoms with E-state index < -0.39 is 0 Å². The number of aryl methyl sites for hydroxylation is 1. The number of urea groups is 1. The number of anilines is 3. The minimum Gasteiger partial charge on any atom is -0.377 e. The number of carbonyl (C=O) groups is 1. The highest BCUT2D eigenvalue weighted by Gasteiger charge is 2.26. The second-order valence-electron chi connectivity index (χ2n) is 7.96. The second kappa shape index (κ2) is 9.40. The Morgan fingerprint density at radius 3 is 2.71 bits per heavy atom. The van der Waals surface area contributed by atoms with Crippen LogP contribution in [0.4, 0.5) is 22.0 Å². The predicted molar refractivity (Wildman–Crippen MR) is 129 cm³/mol. The Morgan fingerprint density at radius 2 is 1.97 bits per heavy atom. The molecule has 1 saturated heterocycles. The van der Waals surface area contributed by atoms with E-state index in [2.05, 4.69) is 37.8 Å². The van der Waals surface area contributed by atoms with Crippen LogP contribution >= 0.6 is 0 Å². The highest BCUT2D eigenvalue weighted by Crippen LogP contribution is 2.29. The SMILES string of the molecule is CCn1nnc2c(N3CCOC[C@@H]3C)nc(-c3ccc(NC(=O)Nc4cccnc4)cc3)nc21. The number of aromatic nitrogens is 6. The Balaban J connectivity index is 1.42. The summed E-state index contributed by atoms with van der Waals surface area (Å²) >= 11 is 0. The van der Waals surface area contributed by atoms with E-state index in [4.69, 9.17) is 14.7 Å². The summed E-state index contributed by atoms with van der Waals surface area (Å²) in [7, 11) is 0. The number of nitrogens with one attached hydrogen (secondary N) is 2. The van der Waals surface area contributed by atoms with Crippen LogP contribution in [0.1, 0.15) is 13.8 Å². The normalized spacial score (nSPS) is 15.9. The molecule has 2 amide bonds. The van der Waals surface area contributed by atoms with Gasteiger partial charge in [-0.2, -0.15) is 0 Å². The van der Waals surface area contributed by atoms with E-state index in [1.54, 1.807) is 29.2 Å². The van der Waals surface area contributed by atoms with Crippen LogP contribution in [0.2, 0.25) is 0 Å². The van der Waals surface area contributed by atoms with Crippen LogP contribution in [0.25, 0.3) is 22.6 Å². The number of hydrogen-bond donors (Lipinski definition) is 2. The lowest BCUT2D eigenvalue weighted by Crippen LogP contribution is -2.44. The van der Waals surface area contributed by atoms with Gasteiger partial charge in [-0.1, -0.05) is 5.21 Å². The fourth-order valence-electron chi connectivity index (χ4n) is 3.86. The number of pyridine rings is 1. The Morgan fingerprint density at radius 1 is 1.15 bits per heavy atom. The summed E-state index contributed by atoms with van der Waals surface area (Å²) in [6.45, 7) is 6.75. The van der Waals surface area contributed by atoms with Crippen LogP contribution in [-0.2, 0) is 11.3 Å². The van der Waals surface area contributed by atoms with Crippen molar-refractivity contribution in [3.8, 4) is 11.4 Å². The van der Waals surface area contributed by atoms with Gasteiger partial charge in [-0.25, -0.2) is 19.4 Å². The molecule has 2 N–H and O–H groups in total. The monoisotopic (exact) mass is 459 g/mol. The lowest BCUT2D eigenvalue weighted by Gasteiger charge is -2.34. The largest absolute Gasteiger partial charge is 0.377 e. The average Bonchev–Trinajstić information content (AvgIpc) is 3.28. The van der Waals surface area contributed by atoms with E-state index >= 15 is 0 Å². The summed E-state index contributed by atoms with van der Waals surface area (Å²) in [5, 5.41) is 14.2. The number of hydrogen-bond acceptors (Lipinski definition) is 8. The van der Waals surface area contributed by atoms with Crippen molar-refractivity contribution >= 4 is 34.4 Å². The average molecular weight is 460 g/mol. The van der Waals surface area contributed by atoms with Crippen LogP contribution in [0.5, 0.6) is 0 Å². The summed E-state index contributed by atoms with van der Waals surface area (Å²) in [6.07, 6.45) is 3.23. The molecule has 1 aliphatic heterocycles. The molecular formula is C23H25N9O2. The molecule has 34 heavy (non-hydrogen) atoms. The predicted octanol–water partition coefficient (Wildman–Crippen LogP) is 3.17. The molecule has 0 unspecified atom stereocenters. The van der Waals surface area contributed by atoms with Gasteiger partial charge in [0.25, 0.3) is 0 Å². The van der Waals surface area contributed by atoms with Crippen molar-refractivity contribution in [2.75, 3.05) is 35.3 Å². The van der Waals surface area contributed by atoms with Crippen LogP contribution in [0.3, 0.4) is 0 Å². The van der Waals surface area contributed by atoms with Crippen molar-refractivity contribution in [3.05, 3.63) is 48.8 Å². The maximum absolute atomic E-state index is 12.3. The Hall–Kier alpha value is -4.12. The molecule has 0 spiro atoms. The fourth-order valence-corrected chi connectivity index (χ4v) is 3.86. The third kappa shape index (κ3) is 4.37. The number of morpholine rings is 1. The minimum absolute atomic E-state index is 0.163. The highest BCUT2D eigenvalue weighted by atomic mass is 16.5. The molecule has 0 aliphatic carbocycles. The van der Waals surface area contributed by atoms with Gasteiger partial charge in [0.15, 0.2) is 22.8 Å². The first-order chi connectivity index (χ1) is 16.6. The zero-order chi connectivity index (χ0) is 23.5. The third-order valence-electron chi connectivity index (χ3n) is 5.60. The van der Waals surface area contributed by atoms with Gasteiger partial charge in [0.2, 0.25) is 0 Å². The van der Waals surface area contributed by atoms with Gasteiger partial charge in [-0.05, 0) is 50.2 Å². The van der Waals surface area contributed by atoms with Crippen molar-refractivity contribution in [2.45, 2.75) is 26.4 Å². The zero-order valence-corrected chi connectivity index (χ0v) is 19.0. The van der Waals surface area contributed by atoms with Gasteiger partial charge >= 0.3 is 6.03 Å². The summed E-state index contributed by atoms with van der Waals surface area (Å²) in [5.41, 5.74) is 3.47. The third-order valence-corrected chi connectivity index (χ3v) is 5.60. The first kappa shape index (κ1) is 21.7. The molecule has 4 heterocycles. The summed E-state index contributed by atoms with van der Waals surface area (Å²) < 4.78 is 7.37. The first-order valence-corrected chi connectivity index (χ1v) is 11.2. The molecule has 0 bridgehead atoms.